The summed E-state index contributed by atoms with van der Waals surface area (Å²) in [6.45, 7) is 4.78. The highest BCUT2D eigenvalue weighted by Gasteiger charge is 2.28. The van der Waals surface area contributed by atoms with E-state index in [4.69, 9.17) is 0 Å². The van der Waals surface area contributed by atoms with Gasteiger partial charge in [0.25, 0.3) is 0 Å². The summed E-state index contributed by atoms with van der Waals surface area (Å²) in [4.78, 5) is 2.69. The van der Waals surface area contributed by atoms with Crippen LogP contribution in [0.25, 0.3) is 0 Å². The lowest BCUT2D eigenvalue weighted by atomic mass is 9.87. The van der Waals surface area contributed by atoms with E-state index in [0.717, 1.165) is 12.0 Å². The van der Waals surface area contributed by atoms with Crippen molar-refractivity contribution >= 4 is 0 Å². The third-order valence-electron chi connectivity index (χ3n) is 4.37. The van der Waals surface area contributed by atoms with Crippen molar-refractivity contribution in [1.29, 1.82) is 0 Å². The molecule has 0 aromatic heterocycles. The van der Waals surface area contributed by atoms with E-state index in [1.807, 2.05) is 0 Å². The predicted molar refractivity (Wildman–Crippen MR) is 67.1 cm³/mol. The SMILES string of the molecule is CC1CCC(N2Cc3ccccc3C2)CC1. The van der Waals surface area contributed by atoms with Crippen LogP contribution in [0.4, 0.5) is 0 Å². The van der Waals surface area contributed by atoms with Crippen molar-refractivity contribution in [1.82, 2.24) is 4.90 Å². The Morgan fingerprint density at radius 2 is 1.50 bits per heavy atom. The van der Waals surface area contributed by atoms with Gasteiger partial charge in [-0.05, 0) is 42.7 Å². The third-order valence-corrected chi connectivity index (χ3v) is 4.37. The van der Waals surface area contributed by atoms with E-state index in [1.54, 1.807) is 11.1 Å². The van der Waals surface area contributed by atoms with Crippen LogP contribution in [-0.2, 0) is 13.1 Å². The Balaban J connectivity index is 1.67. The fraction of sp³-hybridized carbons (Fsp3) is 0.600. The second-order valence-electron chi connectivity index (χ2n) is 5.59. The predicted octanol–water partition coefficient (Wildman–Crippen LogP) is 3.58. The van der Waals surface area contributed by atoms with Gasteiger partial charge in [0.05, 0.1) is 0 Å². The lowest BCUT2D eigenvalue weighted by Crippen LogP contribution is -2.33. The first-order valence-electron chi connectivity index (χ1n) is 6.64. The van der Waals surface area contributed by atoms with Crippen LogP contribution in [0.3, 0.4) is 0 Å². The smallest absolute Gasteiger partial charge is 0.0243 e. The number of fused-ring (bicyclic) bond motifs is 1. The molecule has 1 aromatic rings. The maximum absolute atomic E-state index is 2.69. The summed E-state index contributed by atoms with van der Waals surface area (Å²) >= 11 is 0. The monoisotopic (exact) mass is 215 g/mol. The molecule has 86 valence electrons. The number of hydrogen-bond donors (Lipinski definition) is 0. The Bertz CT molecular complexity index is 338. The summed E-state index contributed by atoms with van der Waals surface area (Å²) in [5.41, 5.74) is 3.11. The molecule has 3 rings (SSSR count). The summed E-state index contributed by atoms with van der Waals surface area (Å²) in [6.07, 6.45) is 5.68. The minimum absolute atomic E-state index is 0.851. The van der Waals surface area contributed by atoms with Crippen molar-refractivity contribution in [3.05, 3.63) is 35.4 Å². The molecule has 1 heteroatoms. The summed E-state index contributed by atoms with van der Waals surface area (Å²) in [7, 11) is 0. The van der Waals surface area contributed by atoms with E-state index >= 15 is 0 Å². The Hall–Kier alpha value is -0.820. The van der Waals surface area contributed by atoms with Crippen molar-refractivity contribution in [2.75, 3.05) is 0 Å². The minimum atomic E-state index is 0.851. The lowest BCUT2D eigenvalue weighted by molar-refractivity contribution is 0.139. The molecular weight excluding hydrogens is 194 g/mol. The number of nitrogens with zero attached hydrogens (tertiary/aromatic N) is 1. The topological polar surface area (TPSA) is 3.24 Å². The van der Waals surface area contributed by atoms with Gasteiger partial charge in [-0.15, -0.1) is 0 Å². The lowest BCUT2D eigenvalue weighted by Gasteiger charge is -2.33. The van der Waals surface area contributed by atoms with E-state index in [1.165, 1.54) is 38.8 Å². The quantitative estimate of drug-likeness (QED) is 0.692. The van der Waals surface area contributed by atoms with Crippen molar-refractivity contribution in [3.63, 3.8) is 0 Å². The van der Waals surface area contributed by atoms with Crippen LogP contribution in [0.1, 0.15) is 43.7 Å². The van der Waals surface area contributed by atoms with Crippen LogP contribution < -0.4 is 0 Å². The van der Waals surface area contributed by atoms with E-state index in [9.17, 15) is 0 Å². The van der Waals surface area contributed by atoms with E-state index < -0.39 is 0 Å². The van der Waals surface area contributed by atoms with Crippen molar-refractivity contribution in [2.24, 2.45) is 5.92 Å². The highest BCUT2D eigenvalue weighted by molar-refractivity contribution is 5.30. The molecule has 1 aliphatic heterocycles. The molecule has 0 amide bonds. The molecule has 0 N–H and O–H groups in total. The molecule has 1 aliphatic carbocycles. The van der Waals surface area contributed by atoms with E-state index in [0.29, 0.717) is 0 Å². The minimum Gasteiger partial charge on any atom is -0.292 e. The van der Waals surface area contributed by atoms with Gasteiger partial charge in [-0.1, -0.05) is 31.2 Å². The second kappa shape index (κ2) is 4.21. The van der Waals surface area contributed by atoms with Crippen LogP contribution in [0.5, 0.6) is 0 Å². The van der Waals surface area contributed by atoms with Crippen LogP contribution in [0.2, 0.25) is 0 Å². The molecule has 0 spiro atoms. The molecule has 0 bridgehead atoms. The standard InChI is InChI=1S/C15H21N/c1-12-6-8-15(9-7-12)16-10-13-4-2-3-5-14(13)11-16/h2-5,12,15H,6-11H2,1H3. The first-order chi connectivity index (χ1) is 7.83. The molecule has 1 heterocycles. The molecule has 1 fully saturated rings. The first-order valence-corrected chi connectivity index (χ1v) is 6.64. The summed E-state index contributed by atoms with van der Waals surface area (Å²) in [5.74, 6) is 0.959. The fourth-order valence-corrected chi connectivity index (χ4v) is 3.23. The zero-order valence-corrected chi connectivity index (χ0v) is 10.2. The van der Waals surface area contributed by atoms with Gasteiger partial charge in [-0.25, -0.2) is 0 Å². The molecule has 1 saturated carbocycles. The summed E-state index contributed by atoms with van der Waals surface area (Å²) < 4.78 is 0. The summed E-state index contributed by atoms with van der Waals surface area (Å²) in [5, 5.41) is 0. The number of rotatable bonds is 1. The van der Waals surface area contributed by atoms with Crippen LogP contribution >= 0.6 is 0 Å². The Kier molecular flexibility index (Phi) is 2.72. The molecule has 1 nitrogen and oxygen atoms in total. The first kappa shape index (κ1) is 10.3. The highest BCUT2D eigenvalue weighted by Crippen LogP contribution is 2.32. The van der Waals surface area contributed by atoms with Crippen molar-refractivity contribution in [2.45, 2.75) is 51.7 Å². The molecule has 0 unspecified atom stereocenters. The Morgan fingerprint density at radius 3 is 2.06 bits per heavy atom. The maximum atomic E-state index is 2.69. The Labute approximate surface area is 98.5 Å². The summed E-state index contributed by atoms with van der Waals surface area (Å²) in [6, 6.07) is 9.78. The molecule has 2 aliphatic rings. The molecular formula is C15H21N. The maximum Gasteiger partial charge on any atom is 0.0243 e. The zero-order valence-electron chi connectivity index (χ0n) is 10.2. The van der Waals surface area contributed by atoms with Crippen molar-refractivity contribution in [3.8, 4) is 0 Å². The van der Waals surface area contributed by atoms with E-state index in [-0.39, 0.29) is 0 Å². The Morgan fingerprint density at radius 1 is 0.938 bits per heavy atom. The molecule has 1 aromatic carbocycles. The molecule has 16 heavy (non-hydrogen) atoms. The van der Waals surface area contributed by atoms with Crippen LogP contribution in [0.15, 0.2) is 24.3 Å². The average molecular weight is 215 g/mol. The third kappa shape index (κ3) is 1.89. The van der Waals surface area contributed by atoms with Crippen molar-refractivity contribution < 1.29 is 0 Å². The average Bonchev–Trinajstić information content (AvgIpc) is 2.73. The van der Waals surface area contributed by atoms with E-state index in [2.05, 4.69) is 36.1 Å². The van der Waals surface area contributed by atoms with Gasteiger partial charge < -0.3 is 0 Å². The fourth-order valence-electron chi connectivity index (χ4n) is 3.23. The normalized spacial score (nSPS) is 30.3. The van der Waals surface area contributed by atoms with Gasteiger partial charge >= 0.3 is 0 Å². The number of hydrogen-bond acceptors (Lipinski definition) is 1. The van der Waals surface area contributed by atoms with Gasteiger partial charge in [0.2, 0.25) is 0 Å². The zero-order chi connectivity index (χ0) is 11.0. The number of benzene rings is 1. The van der Waals surface area contributed by atoms with Crippen LogP contribution in [0, 0.1) is 5.92 Å². The van der Waals surface area contributed by atoms with Gasteiger partial charge in [-0.2, -0.15) is 0 Å². The van der Waals surface area contributed by atoms with Gasteiger partial charge in [0.15, 0.2) is 0 Å². The van der Waals surface area contributed by atoms with Gasteiger partial charge in [-0.3, -0.25) is 4.90 Å². The van der Waals surface area contributed by atoms with Gasteiger partial charge in [0, 0.05) is 19.1 Å². The molecule has 0 atom stereocenters. The molecule has 0 radical (unpaired) electrons. The van der Waals surface area contributed by atoms with Gasteiger partial charge in [0.1, 0.15) is 0 Å². The second-order valence-corrected chi connectivity index (χ2v) is 5.59. The van der Waals surface area contributed by atoms with Crippen LogP contribution in [-0.4, -0.2) is 10.9 Å². The highest BCUT2D eigenvalue weighted by atomic mass is 15.2. The largest absolute Gasteiger partial charge is 0.292 e. The molecule has 0 saturated heterocycles.